The summed E-state index contributed by atoms with van der Waals surface area (Å²) in [5.41, 5.74) is 1.93. The standard InChI is InChI=1S/C12H12NO4P/c14-12-10(7-18(15,16)17)6-9-3-1-2-8-4-5-13(12)11(8)9/h1-3,6H,4-5,7H2,(H2,15,16,17). The predicted octanol–water partition coefficient (Wildman–Crippen LogP) is 1.24. The largest absolute Gasteiger partial charge is 0.330 e. The van der Waals surface area contributed by atoms with Gasteiger partial charge in [0.05, 0.1) is 11.7 Å². The van der Waals surface area contributed by atoms with Gasteiger partial charge in [0, 0.05) is 12.1 Å². The van der Waals surface area contributed by atoms with E-state index in [9.17, 15) is 9.36 Å². The average molecular weight is 265 g/mol. The highest BCUT2D eigenvalue weighted by molar-refractivity contribution is 7.50. The van der Waals surface area contributed by atoms with Crippen LogP contribution in [0.3, 0.4) is 0 Å². The zero-order chi connectivity index (χ0) is 12.9. The van der Waals surface area contributed by atoms with Gasteiger partial charge in [-0.05, 0) is 23.4 Å². The van der Waals surface area contributed by atoms with Gasteiger partial charge >= 0.3 is 7.60 Å². The van der Waals surface area contributed by atoms with Crippen molar-refractivity contribution in [3.8, 4) is 0 Å². The number of aromatic nitrogens is 1. The van der Waals surface area contributed by atoms with Gasteiger partial charge < -0.3 is 14.4 Å². The molecule has 2 heterocycles. The maximum Gasteiger partial charge on any atom is 0.330 e. The van der Waals surface area contributed by atoms with Crippen LogP contribution in [0, 0.1) is 0 Å². The van der Waals surface area contributed by atoms with Crippen LogP contribution in [-0.4, -0.2) is 14.4 Å². The Morgan fingerprint density at radius 3 is 2.83 bits per heavy atom. The van der Waals surface area contributed by atoms with Gasteiger partial charge in [-0.15, -0.1) is 0 Å². The second-order valence-electron chi connectivity index (χ2n) is 4.55. The molecule has 2 N–H and O–H groups in total. The van der Waals surface area contributed by atoms with Gasteiger partial charge in [0.2, 0.25) is 0 Å². The molecule has 0 amide bonds. The molecule has 1 aromatic carbocycles. The minimum Gasteiger partial charge on any atom is -0.324 e. The maximum atomic E-state index is 12.1. The van der Waals surface area contributed by atoms with Gasteiger partial charge in [-0.2, -0.15) is 0 Å². The summed E-state index contributed by atoms with van der Waals surface area (Å²) >= 11 is 0. The van der Waals surface area contributed by atoms with E-state index < -0.39 is 13.8 Å². The third-order valence-electron chi connectivity index (χ3n) is 3.25. The summed E-state index contributed by atoms with van der Waals surface area (Å²) in [5, 5.41) is 0.869. The van der Waals surface area contributed by atoms with Gasteiger partial charge in [0.15, 0.2) is 0 Å². The first-order chi connectivity index (χ1) is 8.46. The summed E-state index contributed by atoms with van der Waals surface area (Å²) in [5.74, 6) is 0. The SMILES string of the molecule is O=c1c(CP(=O)(O)O)cc2cccc3c2n1CC3. The Kier molecular flexibility index (Phi) is 2.45. The average Bonchev–Trinajstić information content (AvgIpc) is 2.69. The van der Waals surface area contributed by atoms with E-state index in [4.69, 9.17) is 9.79 Å². The Bertz CT molecular complexity index is 744. The number of benzene rings is 1. The molecule has 0 unspecified atom stereocenters. The van der Waals surface area contributed by atoms with Gasteiger partial charge in [-0.3, -0.25) is 9.36 Å². The summed E-state index contributed by atoms with van der Waals surface area (Å²) in [4.78, 5) is 30.2. The summed E-state index contributed by atoms with van der Waals surface area (Å²) in [6.07, 6.45) is 0.304. The topological polar surface area (TPSA) is 79.5 Å². The molecule has 0 bridgehead atoms. The van der Waals surface area contributed by atoms with E-state index in [0.717, 1.165) is 22.9 Å². The van der Waals surface area contributed by atoms with Crippen LogP contribution in [0.15, 0.2) is 29.1 Å². The molecular weight excluding hydrogens is 253 g/mol. The smallest absolute Gasteiger partial charge is 0.324 e. The fourth-order valence-electron chi connectivity index (χ4n) is 2.56. The molecule has 0 radical (unpaired) electrons. The van der Waals surface area contributed by atoms with Crippen molar-refractivity contribution in [2.45, 2.75) is 19.1 Å². The molecule has 1 aromatic heterocycles. The number of aryl methyl sites for hydroxylation is 2. The van der Waals surface area contributed by atoms with E-state index in [1.54, 1.807) is 10.6 Å². The molecule has 0 spiro atoms. The monoisotopic (exact) mass is 265 g/mol. The van der Waals surface area contributed by atoms with Crippen molar-refractivity contribution in [3.63, 3.8) is 0 Å². The van der Waals surface area contributed by atoms with E-state index in [-0.39, 0.29) is 11.1 Å². The quantitative estimate of drug-likeness (QED) is 0.800. The van der Waals surface area contributed by atoms with Crippen molar-refractivity contribution in [1.82, 2.24) is 4.57 Å². The molecule has 94 valence electrons. The highest BCUT2D eigenvalue weighted by atomic mass is 31.2. The third kappa shape index (κ3) is 1.81. The third-order valence-corrected chi connectivity index (χ3v) is 4.00. The van der Waals surface area contributed by atoms with Crippen molar-refractivity contribution in [3.05, 3.63) is 45.7 Å². The first-order valence-corrected chi connectivity index (χ1v) is 7.44. The Balaban J connectivity index is 2.30. The Hall–Kier alpha value is -1.42. The molecule has 1 aliphatic rings. The lowest BCUT2D eigenvalue weighted by molar-refractivity contribution is 0.371. The summed E-state index contributed by atoms with van der Waals surface area (Å²) in [6.45, 7) is 0.587. The van der Waals surface area contributed by atoms with Crippen LogP contribution in [0.2, 0.25) is 0 Å². The maximum absolute atomic E-state index is 12.1. The van der Waals surface area contributed by atoms with Crippen LogP contribution >= 0.6 is 7.60 Å². The number of hydrogen-bond acceptors (Lipinski definition) is 2. The van der Waals surface area contributed by atoms with Crippen LogP contribution in [0.4, 0.5) is 0 Å². The number of nitrogens with zero attached hydrogens (tertiary/aromatic N) is 1. The molecule has 0 fully saturated rings. The molecule has 5 nitrogen and oxygen atoms in total. The normalized spacial score (nSPS) is 14.3. The van der Waals surface area contributed by atoms with Crippen molar-refractivity contribution >= 4 is 18.5 Å². The Labute approximate surface area is 103 Å². The minimum atomic E-state index is -4.22. The second-order valence-corrected chi connectivity index (χ2v) is 6.20. The molecule has 6 heteroatoms. The van der Waals surface area contributed by atoms with Crippen molar-refractivity contribution in [2.75, 3.05) is 0 Å². The predicted molar refractivity (Wildman–Crippen MR) is 67.7 cm³/mol. The van der Waals surface area contributed by atoms with Crippen molar-refractivity contribution in [2.24, 2.45) is 0 Å². The van der Waals surface area contributed by atoms with E-state index in [0.29, 0.717) is 6.54 Å². The summed E-state index contributed by atoms with van der Waals surface area (Å²) < 4.78 is 12.7. The number of para-hydroxylation sites is 1. The summed E-state index contributed by atoms with van der Waals surface area (Å²) in [6, 6.07) is 7.35. The highest BCUT2D eigenvalue weighted by Gasteiger charge is 2.22. The molecule has 0 saturated heterocycles. The van der Waals surface area contributed by atoms with Crippen LogP contribution in [0.25, 0.3) is 10.9 Å². The lowest BCUT2D eigenvalue weighted by Gasteiger charge is -2.09. The minimum absolute atomic E-state index is 0.190. The molecule has 0 aliphatic carbocycles. The van der Waals surface area contributed by atoms with Gasteiger partial charge in [-0.25, -0.2) is 0 Å². The van der Waals surface area contributed by atoms with Crippen molar-refractivity contribution in [1.29, 1.82) is 0 Å². The lowest BCUT2D eigenvalue weighted by Crippen LogP contribution is -2.22. The highest BCUT2D eigenvalue weighted by Crippen LogP contribution is 2.38. The van der Waals surface area contributed by atoms with Crippen LogP contribution in [-0.2, 0) is 23.7 Å². The zero-order valence-corrected chi connectivity index (χ0v) is 10.4. The summed E-state index contributed by atoms with van der Waals surface area (Å²) in [7, 11) is -4.22. The molecule has 1 aliphatic heterocycles. The van der Waals surface area contributed by atoms with Crippen molar-refractivity contribution < 1.29 is 14.4 Å². The number of rotatable bonds is 2. The molecular formula is C12H12NO4P. The lowest BCUT2D eigenvalue weighted by atomic mass is 10.1. The number of pyridine rings is 1. The molecule has 2 aromatic rings. The van der Waals surface area contributed by atoms with E-state index in [2.05, 4.69) is 0 Å². The Morgan fingerprint density at radius 2 is 2.11 bits per heavy atom. The zero-order valence-electron chi connectivity index (χ0n) is 9.54. The fraction of sp³-hybridized carbons (Fsp3) is 0.250. The van der Waals surface area contributed by atoms with Gasteiger partial charge in [0.1, 0.15) is 0 Å². The van der Waals surface area contributed by atoms with Gasteiger partial charge in [-0.1, -0.05) is 18.2 Å². The first kappa shape index (κ1) is 11.7. The number of hydrogen-bond donors (Lipinski definition) is 2. The molecule has 0 saturated carbocycles. The van der Waals surface area contributed by atoms with E-state index in [1.165, 1.54) is 0 Å². The van der Waals surface area contributed by atoms with Gasteiger partial charge in [0.25, 0.3) is 5.56 Å². The first-order valence-electron chi connectivity index (χ1n) is 5.64. The molecule has 18 heavy (non-hydrogen) atoms. The van der Waals surface area contributed by atoms with Crippen LogP contribution in [0.5, 0.6) is 0 Å². The molecule has 3 rings (SSSR count). The van der Waals surface area contributed by atoms with Crippen LogP contribution < -0.4 is 5.56 Å². The second kappa shape index (κ2) is 3.79. The fourth-order valence-corrected chi connectivity index (χ4v) is 3.23. The van der Waals surface area contributed by atoms with E-state index in [1.807, 2.05) is 18.2 Å². The van der Waals surface area contributed by atoms with E-state index >= 15 is 0 Å². The Morgan fingerprint density at radius 1 is 1.33 bits per heavy atom. The van der Waals surface area contributed by atoms with Crippen LogP contribution in [0.1, 0.15) is 11.1 Å². The molecule has 0 atom stereocenters.